The molecule has 5 heteroatoms. The number of carboxylic acid groups (broad SMARTS) is 1. The van der Waals surface area contributed by atoms with Crippen molar-refractivity contribution in [3.05, 3.63) is 40.9 Å². The third-order valence-corrected chi connectivity index (χ3v) is 2.08. The van der Waals surface area contributed by atoms with Gasteiger partial charge in [0.05, 0.1) is 5.52 Å². The molecule has 2 heterocycles. The first-order valence-corrected chi connectivity index (χ1v) is 4.34. The van der Waals surface area contributed by atoms with E-state index in [1.165, 1.54) is 16.8 Å². The third-order valence-electron chi connectivity index (χ3n) is 2.08. The van der Waals surface area contributed by atoms with Crippen molar-refractivity contribution >= 4 is 16.9 Å². The number of pyridine rings is 2. The number of fused-ring (bicyclic) bond motifs is 1. The molecule has 0 spiro atoms. The number of nitrogens with zero attached hydrogens (tertiary/aromatic N) is 2. The topological polar surface area (TPSA) is 72.2 Å². The van der Waals surface area contributed by atoms with Crippen LogP contribution in [0.4, 0.5) is 0 Å². The number of rotatable bonds is 2. The van der Waals surface area contributed by atoms with Gasteiger partial charge < -0.3 is 5.11 Å². The highest BCUT2D eigenvalue weighted by Crippen LogP contribution is 2.08. The Bertz CT molecular complexity index is 574. The standard InChI is InChI=1S/C10H8N2O3/c13-9-2-1-7-5-11-4-3-8(7)12(9)6-10(14)15/h1-5H,6H2,(H,14,15). The third kappa shape index (κ3) is 1.71. The van der Waals surface area contributed by atoms with Gasteiger partial charge in [0.2, 0.25) is 0 Å². The molecule has 0 unspecified atom stereocenters. The molecule has 76 valence electrons. The molecule has 0 radical (unpaired) electrons. The minimum atomic E-state index is -1.04. The van der Waals surface area contributed by atoms with Gasteiger partial charge in [0.1, 0.15) is 6.54 Å². The summed E-state index contributed by atoms with van der Waals surface area (Å²) in [5, 5.41) is 9.42. The van der Waals surface area contributed by atoms with E-state index in [0.29, 0.717) is 5.52 Å². The monoisotopic (exact) mass is 204 g/mol. The lowest BCUT2D eigenvalue weighted by molar-refractivity contribution is -0.137. The molecule has 0 fully saturated rings. The number of carboxylic acids is 1. The van der Waals surface area contributed by atoms with Crippen molar-refractivity contribution in [3.8, 4) is 0 Å². The molecule has 0 atom stereocenters. The van der Waals surface area contributed by atoms with Gasteiger partial charge in [-0.1, -0.05) is 0 Å². The first-order chi connectivity index (χ1) is 7.18. The van der Waals surface area contributed by atoms with Crippen LogP contribution in [0.15, 0.2) is 35.4 Å². The van der Waals surface area contributed by atoms with Crippen LogP contribution in [0.25, 0.3) is 10.9 Å². The summed E-state index contributed by atoms with van der Waals surface area (Å²) < 4.78 is 1.21. The van der Waals surface area contributed by atoms with Crippen molar-refractivity contribution < 1.29 is 9.90 Å². The summed E-state index contributed by atoms with van der Waals surface area (Å²) in [6.45, 7) is -0.333. The highest BCUT2D eigenvalue weighted by Gasteiger charge is 2.05. The Morgan fingerprint density at radius 1 is 1.40 bits per heavy atom. The highest BCUT2D eigenvalue weighted by molar-refractivity contribution is 5.79. The summed E-state index contributed by atoms with van der Waals surface area (Å²) in [6.07, 6.45) is 3.12. The van der Waals surface area contributed by atoms with Crippen LogP contribution in [0.3, 0.4) is 0 Å². The second-order valence-electron chi connectivity index (χ2n) is 3.09. The van der Waals surface area contributed by atoms with Crippen LogP contribution in [-0.2, 0) is 11.3 Å². The fraction of sp³-hybridized carbons (Fsp3) is 0.100. The van der Waals surface area contributed by atoms with Gasteiger partial charge >= 0.3 is 5.97 Å². The molecular weight excluding hydrogens is 196 g/mol. The Kier molecular flexibility index (Phi) is 2.21. The molecule has 2 aromatic heterocycles. The maximum absolute atomic E-state index is 11.4. The predicted molar refractivity (Wildman–Crippen MR) is 53.6 cm³/mol. The number of aliphatic carboxylic acids is 1. The van der Waals surface area contributed by atoms with E-state index in [4.69, 9.17) is 5.11 Å². The van der Waals surface area contributed by atoms with E-state index in [0.717, 1.165) is 5.39 Å². The van der Waals surface area contributed by atoms with Crippen molar-refractivity contribution in [1.82, 2.24) is 9.55 Å². The highest BCUT2D eigenvalue weighted by atomic mass is 16.4. The van der Waals surface area contributed by atoms with E-state index in [1.807, 2.05) is 0 Å². The maximum Gasteiger partial charge on any atom is 0.323 e. The summed E-state index contributed by atoms with van der Waals surface area (Å²) in [7, 11) is 0. The van der Waals surface area contributed by atoms with Crippen molar-refractivity contribution in [3.63, 3.8) is 0 Å². The van der Waals surface area contributed by atoms with Crippen molar-refractivity contribution in [2.75, 3.05) is 0 Å². The van der Waals surface area contributed by atoms with E-state index in [1.54, 1.807) is 18.3 Å². The average molecular weight is 204 g/mol. The van der Waals surface area contributed by atoms with Gasteiger partial charge in [0.25, 0.3) is 5.56 Å². The second-order valence-corrected chi connectivity index (χ2v) is 3.09. The molecule has 0 aliphatic carbocycles. The predicted octanol–water partition coefficient (Wildman–Crippen LogP) is 0.481. The molecule has 15 heavy (non-hydrogen) atoms. The zero-order chi connectivity index (χ0) is 10.8. The van der Waals surface area contributed by atoms with Crippen molar-refractivity contribution in [1.29, 1.82) is 0 Å². The lowest BCUT2D eigenvalue weighted by atomic mass is 10.2. The molecule has 1 N–H and O–H groups in total. The molecule has 2 aromatic rings. The van der Waals surface area contributed by atoms with Crippen LogP contribution in [-0.4, -0.2) is 20.6 Å². The molecule has 0 amide bonds. The Morgan fingerprint density at radius 2 is 2.20 bits per heavy atom. The second kappa shape index (κ2) is 3.53. The normalized spacial score (nSPS) is 10.4. The summed E-state index contributed by atoms with van der Waals surface area (Å²) >= 11 is 0. The fourth-order valence-corrected chi connectivity index (χ4v) is 1.44. The fourth-order valence-electron chi connectivity index (χ4n) is 1.44. The van der Waals surface area contributed by atoms with Gasteiger partial charge in [-0.15, -0.1) is 0 Å². The number of hydrogen-bond acceptors (Lipinski definition) is 3. The summed E-state index contributed by atoms with van der Waals surface area (Å²) in [5.74, 6) is -1.04. The Hall–Kier alpha value is -2.17. The summed E-state index contributed by atoms with van der Waals surface area (Å²) in [6, 6.07) is 4.59. The van der Waals surface area contributed by atoms with Crippen LogP contribution in [0.1, 0.15) is 0 Å². The lowest BCUT2D eigenvalue weighted by Gasteiger charge is -2.06. The Balaban J connectivity index is 2.74. The number of aromatic nitrogens is 2. The lowest BCUT2D eigenvalue weighted by Crippen LogP contribution is -2.23. The van der Waals surface area contributed by atoms with Crippen molar-refractivity contribution in [2.45, 2.75) is 6.54 Å². The van der Waals surface area contributed by atoms with Gasteiger partial charge in [0.15, 0.2) is 0 Å². The van der Waals surface area contributed by atoms with Crippen LogP contribution in [0, 0.1) is 0 Å². The molecule has 0 saturated carbocycles. The van der Waals surface area contributed by atoms with Gasteiger partial charge in [0, 0.05) is 23.8 Å². The van der Waals surface area contributed by atoms with Gasteiger partial charge in [-0.2, -0.15) is 0 Å². The first-order valence-electron chi connectivity index (χ1n) is 4.34. The summed E-state index contributed by atoms with van der Waals surface area (Å²) in [4.78, 5) is 25.9. The quantitative estimate of drug-likeness (QED) is 0.772. The molecule has 0 bridgehead atoms. The smallest absolute Gasteiger partial charge is 0.323 e. The number of carbonyl (C=O) groups is 1. The van der Waals surface area contributed by atoms with E-state index in [-0.39, 0.29) is 12.1 Å². The molecule has 0 saturated heterocycles. The Labute approximate surface area is 84.6 Å². The van der Waals surface area contributed by atoms with Gasteiger partial charge in [-0.25, -0.2) is 0 Å². The SMILES string of the molecule is O=C(O)Cn1c(=O)ccc2cnccc21. The molecular formula is C10H8N2O3. The number of hydrogen-bond donors (Lipinski definition) is 1. The van der Waals surface area contributed by atoms with E-state index in [9.17, 15) is 9.59 Å². The summed E-state index contributed by atoms with van der Waals surface area (Å²) in [5.41, 5.74) is 0.260. The zero-order valence-corrected chi connectivity index (χ0v) is 7.75. The molecule has 0 aliphatic heterocycles. The van der Waals surface area contributed by atoms with Crippen molar-refractivity contribution in [2.24, 2.45) is 0 Å². The molecule has 2 rings (SSSR count). The minimum Gasteiger partial charge on any atom is -0.480 e. The largest absolute Gasteiger partial charge is 0.480 e. The van der Waals surface area contributed by atoms with E-state index < -0.39 is 5.97 Å². The van der Waals surface area contributed by atoms with Crippen LogP contribution < -0.4 is 5.56 Å². The van der Waals surface area contributed by atoms with E-state index >= 15 is 0 Å². The first kappa shape index (κ1) is 9.39. The van der Waals surface area contributed by atoms with Gasteiger partial charge in [-0.3, -0.25) is 19.1 Å². The van der Waals surface area contributed by atoms with Crippen LogP contribution >= 0.6 is 0 Å². The van der Waals surface area contributed by atoms with Crippen LogP contribution in [0.5, 0.6) is 0 Å². The minimum absolute atomic E-state index is 0.323. The van der Waals surface area contributed by atoms with Crippen LogP contribution in [0.2, 0.25) is 0 Å². The zero-order valence-electron chi connectivity index (χ0n) is 7.75. The molecule has 0 aliphatic rings. The average Bonchev–Trinajstić information content (AvgIpc) is 2.22. The molecule has 5 nitrogen and oxygen atoms in total. The van der Waals surface area contributed by atoms with E-state index in [2.05, 4.69) is 4.98 Å². The molecule has 0 aromatic carbocycles. The Morgan fingerprint density at radius 3 is 2.93 bits per heavy atom. The van der Waals surface area contributed by atoms with Gasteiger partial charge in [-0.05, 0) is 12.1 Å². The maximum atomic E-state index is 11.4.